The lowest BCUT2D eigenvalue weighted by atomic mass is 10.1. The highest BCUT2D eigenvalue weighted by atomic mass is 32.2. The summed E-state index contributed by atoms with van der Waals surface area (Å²) in [6, 6.07) is 9.43. The highest BCUT2D eigenvalue weighted by Crippen LogP contribution is 2.08. The fourth-order valence-electron chi connectivity index (χ4n) is 2.25. The van der Waals surface area contributed by atoms with Crippen molar-refractivity contribution in [1.29, 1.82) is 0 Å². The van der Waals surface area contributed by atoms with Crippen molar-refractivity contribution in [3.05, 3.63) is 35.9 Å². The number of carbonyl (C=O) groups is 1. The van der Waals surface area contributed by atoms with Crippen molar-refractivity contribution in [3.63, 3.8) is 0 Å². The first-order valence-corrected chi connectivity index (χ1v) is 8.28. The zero-order chi connectivity index (χ0) is 14.2. The van der Waals surface area contributed by atoms with Crippen molar-refractivity contribution < 1.29 is 4.79 Å². The minimum Gasteiger partial charge on any atom is -0.353 e. The van der Waals surface area contributed by atoms with Crippen LogP contribution < -0.4 is 11.1 Å². The lowest BCUT2D eigenvalue weighted by Gasteiger charge is -2.26. The number of benzene rings is 1. The molecule has 0 saturated carbocycles. The van der Waals surface area contributed by atoms with E-state index in [2.05, 4.69) is 10.2 Å². The van der Waals surface area contributed by atoms with Gasteiger partial charge in [-0.05, 0) is 12.0 Å². The maximum absolute atomic E-state index is 11.9. The predicted molar refractivity (Wildman–Crippen MR) is 84.9 cm³/mol. The van der Waals surface area contributed by atoms with Gasteiger partial charge in [0.25, 0.3) is 0 Å². The molecule has 0 unspecified atom stereocenters. The van der Waals surface area contributed by atoms with Gasteiger partial charge in [-0.15, -0.1) is 0 Å². The molecular formula is C15H23N3OS. The second kappa shape index (κ2) is 8.29. The van der Waals surface area contributed by atoms with Gasteiger partial charge in [0.1, 0.15) is 0 Å². The number of hydrogen-bond donors (Lipinski definition) is 2. The van der Waals surface area contributed by atoms with Crippen LogP contribution in [-0.4, -0.2) is 54.5 Å². The van der Waals surface area contributed by atoms with Crippen LogP contribution in [0, 0.1) is 0 Å². The van der Waals surface area contributed by atoms with Gasteiger partial charge in [-0.3, -0.25) is 9.69 Å². The Balaban J connectivity index is 1.66. The molecule has 0 aromatic heterocycles. The topological polar surface area (TPSA) is 58.4 Å². The van der Waals surface area contributed by atoms with Gasteiger partial charge in [-0.2, -0.15) is 11.8 Å². The van der Waals surface area contributed by atoms with Crippen LogP contribution in [0.5, 0.6) is 0 Å². The van der Waals surface area contributed by atoms with Crippen LogP contribution in [0.3, 0.4) is 0 Å². The molecule has 0 bridgehead atoms. The van der Waals surface area contributed by atoms with Gasteiger partial charge < -0.3 is 11.1 Å². The normalized spacial score (nSPS) is 17.6. The number of carbonyl (C=O) groups excluding carboxylic acids is 1. The number of rotatable bonds is 6. The molecule has 1 amide bonds. The Morgan fingerprint density at radius 3 is 2.70 bits per heavy atom. The molecule has 0 aliphatic carbocycles. The molecule has 1 aromatic carbocycles. The van der Waals surface area contributed by atoms with E-state index in [9.17, 15) is 4.79 Å². The van der Waals surface area contributed by atoms with E-state index in [1.807, 2.05) is 42.1 Å². The number of nitrogens with zero attached hydrogens (tertiary/aromatic N) is 1. The first-order chi connectivity index (χ1) is 9.75. The first-order valence-electron chi connectivity index (χ1n) is 7.13. The van der Waals surface area contributed by atoms with Crippen molar-refractivity contribution in [2.24, 2.45) is 5.73 Å². The fraction of sp³-hybridized carbons (Fsp3) is 0.533. The van der Waals surface area contributed by atoms with Crippen LogP contribution in [0.2, 0.25) is 0 Å². The van der Waals surface area contributed by atoms with Crippen LogP contribution in [0.4, 0.5) is 0 Å². The summed E-state index contributed by atoms with van der Waals surface area (Å²) in [6.07, 6.45) is 0.590. The maximum Gasteiger partial charge on any atom is 0.237 e. The molecule has 5 heteroatoms. The monoisotopic (exact) mass is 293 g/mol. The molecule has 0 spiro atoms. The van der Waals surface area contributed by atoms with Crippen LogP contribution >= 0.6 is 11.8 Å². The zero-order valence-corrected chi connectivity index (χ0v) is 12.6. The lowest BCUT2D eigenvalue weighted by Crippen LogP contribution is -2.45. The minimum atomic E-state index is -0.464. The van der Waals surface area contributed by atoms with Gasteiger partial charge in [0.15, 0.2) is 0 Å². The summed E-state index contributed by atoms with van der Waals surface area (Å²) >= 11 is 2.00. The Morgan fingerprint density at radius 1 is 1.30 bits per heavy atom. The second-order valence-electron chi connectivity index (χ2n) is 5.04. The van der Waals surface area contributed by atoms with Gasteiger partial charge in [-0.25, -0.2) is 0 Å². The van der Waals surface area contributed by atoms with Gasteiger partial charge in [-0.1, -0.05) is 30.3 Å². The second-order valence-corrected chi connectivity index (χ2v) is 6.27. The Kier molecular flexibility index (Phi) is 6.36. The summed E-state index contributed by atoms with van der Waals surface area (Å²) < 4.78 is 0. The molecule has 1 heterocycles. The molecule has 20 heavy (non-hydrogen) atoms. The highest BCUT2D eigenvalue weighted by molar-refractivity contribution is 7.99. The average molecular weight is 293 g/mol. The van der Waals surface area contributed by atoms with Crippen molar-refractivity contribution in [2.45, 2.75) is 12.5 Å². The Bertz CT molecular complexity index is 407. The molecule has 1 saturated heterocycles. The van der Waals surface area contributed by atoms with Crippen molar-refractivity contribution in [3.8, 4) is 0 Å². The third-order valence-corrected chi connectivity index (χ3v) is 4.41. The summed E-state index contributed by atoms with van der Waals surface area (Å²) in [7, 11) is 0. The number of nitrogens with two attached hydrogens (primary N) is 1. The van der Waals surface area contributed by atoms with E-state index in [0.717, 1.165) is 25.2 Å². The quantitative estimate of drug-likeness (QED) is 0.811. The summed E-state index contributed by atoms with van der Waals surface area (Å²) in [5.41, 5.74) is 7.04. The predicted octanol–water partition coefficient (Wildman–Crippen LogP) is 0.721. The van der Waals surface area contributed by atoms with Crippen LogP contribution in [0.25, 0.3) is 0 Å². The smallest absolute Gasteiger partial charge is 0.237 e. The first kappa shape index (κ1) is 15.4. The number of hydrogen-bond acceptors (Lipinski definition) is 4. The third kappa shape index (κ3) is 5.15. The molecule has 1 atom stereocenters. The van der Waals surface area contributed by atoms with E-state index in [0.29, 0.717) is 13.0 Å². The summed E-state index contributed by atoms with van der Waals surface area (Å²) in [4.78, 5) is 14.3. The van der Waals surface area contributed by atoms with Crippen molar-refractivity contribution in [1.82, 2.24) is 10.2 Å². The Labute approximate surface area is 125 Å². The van der Waals surface area contributed by atoms with Gasteiger partial charge >= 0.3 is 0 Å². The van der Waals surface area contributed by atoms with Crippen molar-refractivity contribution in [2.75, 3.05) is 37.7 Å². The Hall–Kier alpha value is -1.04. The van der Waals surface area contributed by atoms with E-state index in [4.69, 9.17) is 5.73 Å². The molecule has 3 N–H and O–H groups in total. The lowest BCUT2D eigenvalue weighted by molar-refractivity contribution is -0.122. The summed E-state index contributed by atoms with van der Waals surface area (Å²) in [5.74, 6) is 2.34. The van der Waals surface area contributed by atoms with Crippen LogP contribution in [0.1, 0.15) is 5.56 Å². The largest absolute Gasteiger partial charge is 0.353 e. The fourth-order valence-corrected chi connectivity index (χ4v) is 3.23. The summed E-state index contributed by atoms with van der Waals surface area (Å²) in [5, 5.41) is 2.94. The number of nitrogens with one attached hydrogen (secondary N) is 1. The molecule has 4 nitrogen and oxygen atoms in total. The molecular weight excluding hydrogens is 270 g/mol. The van der Waals surface area contributed by atoms with E-state index in [-0.39, 0.29) is 5.91 Å². The van der Waals surface area contributed by atoms with Gasteiger partial charge in [0, 0.05) is 37.7 Å². The molecule has 1 aliphatic rings. The van der Waals surface area contributed by atoms with Gasteiger partial charge in [0.05, 0.1) is 6.04 Å². The molecule has 1 aliphatic heterocycles. The Morgan fingerprint density at radius 2 is 2.00 bits per heavy atom. The highest BCUT2D eigenvalue weighted by Gasteiger charge is 2.14. The van der Waals surface area contributed by atoms with Crippen LogP contribution in [0.15, 0.2) is 30.3 Å². The van der Waals surface area contributed by atoms with E-state index in [1.54, 1.807) is 0 Å². The SMILES string of the molecule is N[C@H](Cc1ccccc1)C(=O)NCCN1CCSCC1. The molecule has 1 fully saturated rings. The third-order valence-electron chi connectivity index (χ3n) is 3.47. The van der Waals surface area contributed by atoms with E-state index < -0.39 is 6.04 Å². The number of amides is 1. The maximum atomic E-state index is 11.9. The molecule has 1 aromatic rings. The van der Waals surface area contributed by atoms with Crippen LogP contribution in [-0.2, 0) is 11.2 Å². The summed E-state index contributed by atoms with van der Waals surface area (Å²) in [6.45, 7) is 3.85. The number of thioether (sulfide) groups is 1. The van der Waals surface area contributed by atoms with E-state index >= 15 is 0 Å². The zero-order valence-electron chi connectivity index (χ0n) is 11.8. The average Bonchev–Trinajstić information content (AvgIpc) is 2.49. The molecule has 110 valence electrons. The van der Waals surface area contributed by atoms with E-state index in [1.165, 1.54) is 11.5 Å². The van der Waals surface area contributed by atoms with Gasteiger partial charge in [0.2, 0.25) is 5.91 Å². The molecule has 0 radical (unpaired) electrons. The standard InChI is InChI=1S/C15H23N3OS/c16-14(12-13-4-2-1-3-5-13)15(19)17-6-7-18-8-10-20-11-9-18/h1-5,14H,6-12,16H2,(H,17,19)/t14-/m1/s1. The molecule has 2 rings (SSSR count). The van der Waals surface area contributed by atoms with Crippen molar-refractivity contribution >= 4 is 17.7 Å². The minimum absolute atomic E-state index is 0.0553.